The molecule has 1 aromatic heterocycles. The second-order valence-electron chi connectivity index (χ2n) is 6.12. The van der Waals surface area contributed by atoms with Crippen LogP contribution in [0.25, 0.3) is 0 Å². The first-order chi connectivity index (χ1) is 10.9. The van der Waals surface area contributed by atoms with E-state index in [2.05, 4.69) is 34.4 Å². The summed E-state index contributed by atoms with van der Waals surface area (Å²) < 4.78 is 0. The van der Waals surface area contributed by atoms with Crippen LogP contribution in [-0.2, 0) is 0 Å². The van der Waals surface area contributed by atoms with Gasteiger partial charge in [-0.3, -0.25) is 4.79 Å². The normalized spacial score (nSPS) is 10.7. The van der Waals surface area contributed by atoms with Crippen molar-refractivity contribution in [2.24, 2.45) is 5.92 Å². The zero-order chi connectivity index (χ0) is 16.8. The third kappa shape index (κ3) is 5.36. The lowest BCUT2D eigenvalue weighted by molar-refractivity contribution is 0.0952. The van der Waals surface area contributed by atoms with E-state index in [1.807, 2.05) is 38.1 Å². The molecular formula is C18H24N4O. The van der Waals surface area contributed by atoms with Gasteiger partial charge in [0.25, 0.3) is 5.91 Å². The van der Waals surface area contributed by atoms with Gasteiger partial charge < -0.3 is 10.6 Å². The highest BCUT2D eigenvalue weighted by Gasteiger charge is 2.07. The van der Waals surface area contributed by atoms with Crippen molar-refractivity contribution < 1.29 is 4.79 Å². The van der Waals surface area contributed by atoms with Gasteiger partial charge in [-0.15, -0.1) is 0 Å². The molecule has 0 aliphatic carbocycles. The van der Waals surface area contributed by atoms with Gasteiger partial charge in [0.05, 0.1) is 0 Å². The van der Waals surface area contributed by atoms with Crippen LogP contribution in [0.2, 0.25) is 0 Å². The third-order valence-electron chi connectivity index (χ3n) is 3.37. The van der Waals surface area contributed by atoms with E-state index >= 15 is 0 Å². The van der Waals surface area contributed by atoms with Crippen molar-refractivity contribution in [1.82, 2.24) is 15.3 Å². The van der Waals surface area contributed by atoms with Crippen molar-refractivity contribution in [3.8, 4) is 0 Å². The Balaban J connectivity index is 2.05. The van der Waals surface area contributed by atoms with Gasteiger partial charge in [-0.1, -0.05) is 19.9 Å². The highest BCUT2D eigenvalue weighted by atomic mass is 16.1. The van der Waals surface area contributed by atoms with Crippen molar-refractivity contribution in [2.75, 3.05) is 11.9 Å². The standard InChI is InChI=1S/C18H24N4O/c1-12(2)8-9-19-17(23)15-6-5-7-16(11-15)22-18-20-13(3)10-14(4)21-18/h5-7,10-12H,8-9H2,1-4H3,(H,19,23)(H,20,21,22). The van der Waals surface area contributed by atoms with E-state index in [-0.39, 0.29) is 5.91 Å². The minimum absolute atomic E-state index is 0.0596. The summed E-state index contributed by atoms with van der Waals surface area (Å²) in [6.07, 6.45) is 0.972. The van der Waals surface area contributed by atoms with Crippen LogP contribution in [0.3, 0.4) is 0 Å². The molecule has 0 atom stereocenters. The van der Waals surface area contributed by atoms with Crippen LogP contribution in [-0.4, -0.2) is 22.4 Å². The van der Waals surface area contributed by atoms with Crippen LogP contribution >= 0.6 is 0 Å². The molecule has 0 saturated carbocycles. The Kier molecular flexibility index (Phi) is 5.68. The van der Waals surface area contributed by atoms with Crippen LogP contribution in [0, 0.1) is 19.8 Å². The first-order valence-corrected chi connectivity index (χ1v) is 7.91. The number of aromatic nitrogens is 2. The summed E-state index contributed by atoms with van der Waals surface area (Å²) in [6.45, 7) is 8.83. The number of amides is 1. The molecule has 2 rings (SSSR count). The smallest absolute Gasteiger partial charge is 0.251 e. The average Bonchev–Trinajstić information content (AvgIpc) is 2.46. The summed E-state index contributed by atoms with van der Waals surface area (Å²) in [5.41, 5.74) is 3.24. The van der Waals surface area contributed by atoms with Crippen LogP contribution in [0.5, 0.6) is 0 Å². The molecule has 0 spiro atoms. The third-order valence-corrected chi connectivity index (χ3v) is 3.37. The summed E-state index contributed by atoms with van der Waals surface area (Å²) >= 11 is 0. The van der Waals surface area contributed by atoms with Crippen molar-refractivity contribution in [3.05, 3.63) is 47.3 Å². The summed E-state index contributed by atoms with van der Waals surface area (Å²) in [5.74, 6) is 1.06. The van der Waals surface area contributed by atoms with Gasteiger partial charge in [0.15, 0.2) is 0 Å². The average molecular weight is 312 g/mol. The highest BCUT2D eigenvalue weighted by molar-refractivity contribution is 5.95. The van der Waals surface area contributed by atoms with Crippen molar-refractivity contribution >= 4 is 17.5 Å². The van der Waals surface area contributed by atoms with E-state index in [9.17, 15) is 4.79 Å². The maximum atomic E-state index is 12.2. The van der Waals surface area contributed by atoms with Crippen LogP contribution in [0.4, 0.5) is 11.6 Å². The fraction of sp³-hybridized carbons (Fsp3) is 0.389. The quantitative estimate of drug-likeness (QED) is 0.855. The minimum Gasteiger partial charge on any atom is -0.352 e. The Bertz CT molecular complexity index is 662. The fourth-order valence-corrected chi connectivity index (χ4v) is 2.23. The van der Waals surface area contributed by atoms with Crippen LogP contribution in [0.1, 0.15) is 42.0 Å². The predicted molar refractivity (Wildman–Crippen MR) is 93.0 cm³/mol. The van der Waals surface area contributed by atoms with E-state index in [0.29, 0.717) is 24.0 Å². The Hall–Kier alpha value is -2.43. The number of nitrogens with zero attached hydrogens (tertiary/aromatic N) is 2. The van der Waals surface area contributed by atoms with Crippen molar-refractivity contribution in [3.63, 3.8) is 0 Å². The summed E-state index contributed by atoms with van der Waals surface area (Å²) in [6, 6.07) is 9.28. The number of carbonyl (C=O) groups excluding carboxylic acids is 1. The molecule has 0 radical (unpaired) electrons. The largest absolute Gasteiger partial charge is 0.352 e. The van der Waals surface area contributed by atoms with Gasteiger partial charge in [0.2, 0.25) is 5.95 Å². The molecule has 0 aliphatic heterocycles. The Morgan fingerprint density at radius 1 is 1.13 bits per heavy atom. The van der Waals surface area contributed by atoms with Gasteiger partial charge in [-0.2, -0.15) is 0 Å². The number of aryl methyl sites for hydroxylation is 2. The summed E-state index contributed by atoms with van der Waals surface area (Å²) in [5, 5.41) is 6.09. The molecule has 0 aliphatic rings. The van der Waals surface area contributed by atoms with E-state index in [0.717, 1.165) is 23.5 Å². The molecule has 0 unspecified atom stereocenters. The number of carbonyl (C=O) groups is 1. The van der Waals surface area contributed by atoms with Gasteiger partial charge in [-0.05, 0) is 50.5 Å². The molecule has 1 aromatic carbocycles. The zero-order valence-electron chi connectivity index (χ0n) is 14.2. The molecule has 5 heteroatoms. The van der Waals surface area contributed by atoms with Crippen molar-refractivity contribution in [1.29, 1.82) is 0 Å². The topological polar surface area (TPSA) is 66.9 Å². The van der Waals surface area contributed by atoms with Gasteiger partial charge in [0.1, 0.15) is 0 Å². The zero-order valence-corrected chi connectivity index (χ0v) is 14.2. The summed E-state index contributed by atoms with van der Waals surface area (Å²) in [7, 11) is 0. The minimum atomic E-state index is -0.0596. The maximum Gasteiger partial charge on any atom is 0.251 e. The van der Waals surface area contributed by atoms with E-state index < -0.39 is 0 Å². The van der Waals surface area contributed by atoms with E-state index in [1.165, 1.54) is 0 Å². The second kappa shape index (κ2) is 7.72. The van der Waals surface area contributed by atoms with E-state index in [4.69, 9.17) is 0 Å². The molecule has 2 aromatic rings. The molecule has 122 valence electrons. The lowest BCUT2D eigenvalue weighted by Gasteiger charge is -2.10. The molecule has 0 saturated heterocycles. The molecule has 0 fully saturated rings. The summed E-state index contributed by atoms with van der Waals surface area (Å²) in [4.78, 5) is 20.9. The molecule has 2 N–H and O–H groups in total. The lowest BCUT2D eigenvalue weighted by atomic mass is 10.1. The van der Waals surface area contributed by atoms with Gasteiger partial charge in [-0.25, -0.2) is 9.97 Å². The number of hydrogen-bond donors (Lipinski definition) is 2. The number of nitrogens with one attached hydrogen (secondary N) is 2. The van der Waals surface area contributed by atoms with Gasteiger partial charge >= 0.3 is 0 Å². The number of anilines is 2. The van der Waals surface area contributed by atoms with Crippen LogP contribution in [0.15, 0.2) is 30.3 Å². The molecule has 1 amide bonds. The molecular weight excluding hydrogens is 288 g/mol. The Morgan fingerprint density at radius 2 is 1.83 bits per heavy atom. The van der Waals surface area contributed by atoms with Crippen molar-refractivity contribution in [2.45, 2.75) is 34.1 Å². The lowest BCUT2D eigenvalue weighted by Crippen LogP contribution is -2.25. The van der Waals surface area contributed by atoms with E-state index in [1.54, 1.807) is 6.07 Å². The first kappa shape index (κ1) is 16.9. The second-order valence-corrected chi connectivity index (χ2v) is 6.12. The highest BCUT2D eigenvalue weighted by Crippen LogP contribution is 2.15. The van der Waals surface area contributed by atoms with Crippen LogP contribution < -0.4 is 10.6 Å². The predicted octanol–water partition coefficient (Wildman–Crippen LogP) is 3.61. The molecule has 0 bridgehead atoms. The van der Waals surface area contributed by atoms with Gasteiger partial charge in [0, 0.05) is 29.2 Å². The molecule has 5 nitrogen and oxygen atoms in total. The molecule has 23 heavy (non-hydrogen) atoms. The number of benzene rings is 1. The molecule has 1 heterocycles. The number of rotatable bonds is 6. The monoisotopic (exact) mass is 312 g/mol. The maximum absolute atomic E-state index is 12.2. The number of hydrogen-bond acceptors (Lipinski definition) is 4. The SMILES string of the molecule is Cc1cc(C)nc(Nc2cccc(C(=O)NCCC(C)C)c2)n1. The first-order valence-electron chi connectivity index (χ1n) is 7.91. The fourth-order valence-electron chi connectivity index (χ4n) is 2.23. The Morgan fingerprint density at radius 3 is 2.48 bits per heavy atom. The Labute approximate surface area is 137 Å².